The highest BCUT2D eigenvalue weighted by molar-refractivity contribution is 7.11. The van der Waals surface area contributed by atoms with Gasteiger partial charge in [-0.25, -0.2) is 22.9 Å². The van der Waals surface area contributed by atoms with Crippen molar-refractivity contribution in [2.75, 3.05) is 26.2 Å². The number of halogens is 3. The Hall–Kier alpha value is -3.29. The van der Waals surface area contributed by atoms with Crippen LogP contribution in [0.15, 0.2) is 46.0 Å². The number of hydrogen-bond donors (Lipinski definition) is 2. The number of aliphatic carboxylic acids is 1. The summed E-state index contributed by atoms with van der Waals surface area (Å²) in [7, 11) is 0. The first kappa shape index (κ1) is 32.1. The van der Waals surface area contributed by atoms with Gasteiger partial charge in [-0.3, -0.25) is 19.6 Å². The zero-order chi connectivity index (χ0) is 32.0. The molecule has 44 heavy (non-hydrogen) atoms. The monoisotopic (exact) mass is 633 g/mol. The largest absolute Gasteiger partial charge is 0.481 e. The Kier molecular flexibility index (Phi) is 8.94. The standard InChI is InChI=1S/C31H38F3N5O4S/c1-6-43-28(40)23-21(36-26(27-35-11-13-44-27)37-24(23)19-8-7-9-20(32)18(19)3)15-38-16-31(33,34)25-22(38)10-12-39(25)17(2)14-30(4,5)29(41)42/h7-9,11,13,17,22,24-25H,6,10,12,14-16H2,1-5H3,(H,36,37)(H,41,42)/t17?,22?,24-,25?/m0/s1. The van der Waals surface area contributed by atoms with E-state index in [1.165, 1.54) is 17.4 Å². The van der Waals surface area contributed by atoms with Crippen LogP contribution in [0.3, 0.4) is 0 Å². The number of amidine groups is 1. The van der Waals surface area contributed by atoms with E-state index in [0.29, 0.717) is 40.6 Å². The van der Waals surface area contributed by atoms with Crippen LogP contribution in [0.5, 0.6) is 0 Å². The molecule has 2 saturated heterocycles. The zero-order valence-corrected chi connectivity index (χ0v) is 26.3. The fraction of sp³-hybridized carbons (Fsp3) is 0.548. The molecule has 3 unspecified atom stereocenters. The summed E-state index contributed by atoms with van der Waals surface area (Å²) >= 11 is 1.32. The number of ether oxygens (including phenoxy) is 1. The summed E-state index contributed by atoms with van der Waals surface area (Å²) in [5, 5.41) is 15.1. The van der Waals surface area contributed by atoms with Gasteiger partial charge in [-0.2, -0.15) is 0 Å². The van der Waals surface area contributed by atoms with Crippen LogP contribution in [0.1, 0.15) is 62.7 Å². The number of nitrogens with one attached hydrogen (secondary N) is 1. The van der Waals surface area contributed by atoms with Crippen molar-refractivity contribution >= 4 is 29.1 Å². The molecular formula is C31H38F3N5O4S. The molecule has 3 aliphatic rings. The lowest BCUT2D eigenvalue weighted by atomic mass is 9.85. The van der Waals surface area contributed by atoms with E-state index in [-0.39, 0.29) is 31.2 Å². The second-order valence-corrected chi connectivity index (χ2v) is 13.3. The van der Waals surface area contributed by atoms with E-state index in [1.807, 2.05) is 0 Å². The molecule has 238 valence electrons. The molecule has 0 bridgehead atoms. The maximum absolute atomic E-state index is 15.8. The minimum atomic E-state index is -3.08. The first-order chi connectivity index (χ1) is 20.7. The van der Waals surface area contributed by atoms with Crippen LogP contribution in [0, 0.1) is 18.2 Å². The third-order valence-electron chi connectivity index (χ3n) is 8.89. The van der Waals surface area contributed by atoms with E-state index in [9.17, 15) is 19.1 Å². The highest BCUT2D eigenvalue weighted by atomic mass is 32.1. The van der Waals surface area contributed by atoms with Crippen LogP contribution in [0.4, 0.5) is 13.2 Å². The van der Waals surface area contributed by atoms with E-state index in [1.54, 1.807) is 68.1 Å². The molecule has 0 saturated carbocycles. The number of alkyl halides is 2. The Bertz CT molecular complexity index is 1480. The molecule has 4 heterocycles. The van der Waals surface area contributed by atoms with Crippen LogP contribution in [-0.4, -0.2) is 88.0 Å². The quantitative estimate of drug-likeness (QED) is 0.360. The number of benzene rings is 1. The van der Waals surface area contributed by atoms with E-state index in [4.69, 9.17) is 9.73 Å². The van der Waals surface area contributed by atoms with E-state index >= 15 is 8.78 Å². The summed E-state index contributed by atoms with van der Waals surface area (Å²) in [6.45, 7) is 8.21. The molecule has 9 nitrogen and oxygen atoms in total. The second-order valence-electron chi connectivity index (χ2n) is 12.4. The SMILES string of the molecule is CCOC(=O)C1=C(CN2CC(F)(F)C3C2CCN3C(C)CC(C)(C)C(=O)O)NC(c2nccs2)=N[C@H]1c1cccc(F)c1C. The van der Waals surface area contributed by atoms with Crippen LogP contribution >= 0.6 is 11.3 Å². The molecule has 4 atom stereocenters. The maximum Gasteiger partial charge on any atom is 0.338 e. The molecular weight excluding hydrogens is 595 g/mol. The lowest BCUT2D eigenvalue weighted by Crippen LogP contribution is -2.50. The maximum atomic E-state index is 15.8. The molecule has 0 amide bonds. The summed E-state index contributed by atoms with van der Waals surface area (Å²) in [5.41, 5.74) is 0.214. The Labute approximate surface area is 258 Å². The highest BCUT2D eigenvalue weighted by Crippen LogP contribution is 2.44. The lowest BCUT2D eigenvalue weighted by Gasteiger charge is -2.36. The van der Waals surface area contributed by atoms with Gasteiger partial charge < -0.3 is 15.2 Å². The molecule has 13 heteroatoms. The number of carboxylic acid groups (broad SMARTS) is 1. The zero-order valence-electron chi connectivity index (χ0n) is 25.4. The van der Waals surface area contributed by atoms with Crippen LogP contribution < -0.4 is 5.32 Å². The molecule has 3 aliphatic heterocycles. The summed E-state index contributed by atoms with van der Waals surface area (Å²) in [5.74, 6) is -4.80. The minimum Gasteiger partial charge on any atom is -0.481 e. The average Bonchev–Trinajstić information content (AvgIpc) is 3.69. The van der Waals surface area contributed by atoms with Gasteiger partial charge >= 0.3 is 11.9 Å². The number of likely N-dealkylation sites (tertiary alicyclic amines) is 2. The van der Waals surface area contributed by atoms with Gasteiger partial charge in [0.05, 0.1) is 30.2 Å². The van der Waals surface area contributed by atoms with E-state index in [0.717, 1.165) is 0 Å². The number of rotatable bonds is 10. The predicted molar refractivity (Wildman–Crippen MR) is 160 cm³/mol. The predicted octanol–water partition coefficient (Wildman–Crippen LogP) is 4.78. The average molecular weight is 634 g/mol. The van der Waals surface area contributed by atoms with Crippen molar-refractivity contribution in [2.24, 2.45) is 10.4 Å². The Morgan fingerprint density at radius 1 is 1.32 bits per heavy atom. The van der Waals surface area contributed by atoms with Gasteiger partial charge in [-0.15, -0.1) is 11.3 Å². The van der Waals surface area contributed by atoms with Crippen LogP contribution in [-0.2, 0) is 14.3 Å². The normalized spacial score (nSPS) is 24.5. The van der Waals surface area contributed by atoms with E-state index in [2.05, 4.69) is 10.3 Å². The van der Waals surface area contributed by atoms with Crippen LogP contribution in [0.25, 0.3) is 0 Å². The van der Waals surface area contributed by atoms with Crippen molar-refractivity contribution in [3.05, 3.63) is 63.0 Å². The number of hydrogen-bond acceptors (Lipinski definition) is 9. The number of thiazole rings is 1. The fourth-order valence-electron chi connectivity index (χ4n) is 6.77. The van der Waals surface area contributed by atoms with Crippen molar-refractivity contribution < 1.29 is 32.6 Å². The molecule has 5 rings (SSSR count). The molecule has 0 radical (unpaired) electrons. The molecule has 2 N–H and O–H groups in total. The number of aliphatic imine (C=N–C) groups is 1. The Balaban J connectivity index is 1.52. The van der Waals surface area contributed by atoms with Crippen molar-refractivity contribution in [1.82, 2.24) is 20.1 Å². The molecule has 1 aromatic heterocycles. The van der Waals surface area contributed by atoms with E-state index < -0.39 is 53.8 Å². The van der Waals surface area contributed by atoms with Gasteiger partial charge in [-0.1, -0.05) is 12.1 Å². The Morgan fingerprint density at radius 2 is 2.07 bits per heavy atom. The minimum absolute atomic E-state index is 0.0248. The van der Waals surface area contributed by atoms with Gasteiger partial charge in [0, 0.05) is 42.4 Å². The first-order valence-corrected chi connectivity index (χ1v) is 15.6. The third-order valence-corrected chi connectivity index (χ3v) is 9.67. The second kappa shape index (κ2) is 12.2. The summed E-state index contributed by atoms with van der Waals surface area (Å²) in [6, 6.07) is 1.61. The number of aromatic nitrogens is 1. The number of esters is 1. The number of carboxylic acids is 1. The fourth-order valence-corrected chi connectivity index (χ4v) is 7.35. The summed E-state index contributed by atoms with van der Waals surface area (Å²) < 4.78 is 51.8. The van der Waals surface area contributed by atoms with Gasteiger partial charge in [-0.05, 0) is 64.7 Å². The first-order valence-electron chi connectivity index (χ1n) is 14.8. The van der Waals surface area contributed by atoms with Crippen molar-refractivity contribution in [1.29, 1.82) is 0 Å². The summed E-state index contributed by atoms with van der Waals surface area (Å²) in [6.07, 6.45) is 2.30. The lowest BCUT2D eigenvalue weighted by molar-refractivity contribution is -0.148. The van der Waals surface area contributed by atoms with Gasteiger partial charge in [0.2, 0.25) is 0 Å². The number of fused-ring (bicyclic) bond motifs is 1. The number of carbonyl (C=O) groups excluding carboxylic acids is 1. The number of nitrogens with zero attached hydrogens (tertiary/aromatic N) is 4. The Morgan fingerprint density at radius 3 is 2.73 bits per heavy atom. The van der Waals surface area contributed by atoms with Gasteiger partial charge in [0.25, 0.3) is 5.92 Å². The molecule has 1 aromatic carbocycles. The van der Waals surface area contributed by atoms with Crippen molar-refractivity contribution in [3.63, 3.8) is 0 Å². The number of carbonyl (C=O) groups is 2. The molecule has 2 fully saturated rings. The van der Waals surface area contributed by atoms with Crippen molar-refractivity contribution in [3.8, 4) is 0 Å². The third kappa shape index (κ3) is 6.01. The highest BCUT2D eigenvalue weighted by Gasteiger charge is 2.60. The van der Waals surface area contributed by atoms with Crippen LogP contribution in [0.2, 0.25) is 0 Å². The smallest absolute Gasteiger partial charge is 0.338 e. The molecule has 0 spiro atoms. The van der Waals surface area contributed by atoms with Gasteiger partial charge in [0.15, 0.2) is 10.8 Å². The topological polar surface area (TPSA) is 107 Å². The van der Waals surface area contributed by atoms with Gasteiger partial charge in [0.1, 0.15) is 11.9 Å². The molecule has 0 aliphatic carbocycles. The van der Waals surface area contributed by atoms with Crippen molar-refractivity contribution in [2.45, 2.75) is 77.6 Å². The summed E-state index contributed by atoms with van der Waals surface area (Å²) in [4.78, 5) is 37.8. The molecule has 2 aromatic rings.